The highest BCUT2D eigenvalue weighted by Crippen LogP contribution is 2.53. The Morgan fingerprint density at radius 2 is 1.91 bits per heavy atom. The van der Waals surface area contributed by atoms with Gasteiger partial charge in [-0.3, -0.25) is 4.79 Å². The van der Waals surface area contributed by atoms with Crippen LogP contribution in [0, 0.1) is 23.7 Å². The van der Waals surface area contributed by atoms with Gasteiger partial charge < -0.3 is 4.74 Å². The van der Waals surface area contributed by atoms with Gasteiger partial charge in [0, 0.05) is 12.5 Å². The maximum atomic E-state index is 11.7. The molecule has 5 heteroatoms. The summed E-state index contributed by atoms with van der Waals surface area (Å²) in [5.74, 6) is 2.31. The first-order valence-corrected chi connectivity index (χ1v) is 9.06. The summed E-state index contributed by atoms with van der Waals surface area (Å²) in [7, 11) is 0. The molecule has 5 nitrogen and oxygen atoms in total. The number of hydrogen-bond acceptors (Lipinski definition) is 4. The van der Waals surface area contributed by atoms with Crippen molar-refractivity contribution in [1.82, 2.24) is 15.0 Å². The molecule has 3 rings (SSSR count). The molecule has 128 valence electrons. The number of rotatable bonds is 5. The monoisotopic (exact) mass is 319 g/mol. The van der Waals surface area contributed by atoms with E-state index < -0.39 is 0 Å². The summed E-state index contributed by atoms with van der Waals surface area (Å²) < 4.78 is 7.58. The van der Waals surface area contributed by atoms with Gasteiger partial charge in [-0.05, 0) is 63.2 Å². The van der Waals surface area contributed by atoms with Crippen LogP contribution in [0.5, 0.6) is 0 Å². The normalized spacial score (nSPS) is 26.4. The third kappa shape index (κ3) is 3.59. The zero-order valence-electron chi connectivity index (χ0n) is 14.8. The van der Waals surface area contributed by atoms with Crippen LogP contribution in [0.25, 0.3) is 0 Å². The SMILES string of the molecule is CC(C)CC(=O)OC[C@@H]1[C@@H]2CCc3c(nnn3C(C)C)CC[C@@H]21. The summed E-state index contributed by atoms with van der Waals surface area (Å²) in [6, 6.07) is 0.369. The highest BCUT2D eigenvalue weighted by atomic mass is 16.5. The zero-order valence-corrected chi connectivity index (χ0v) is 14.8. The van der Waals surface area contributed by atoms with Crippen molar-refractivity contribution in [3.63, 3.8) is 0 Å². The second-order valence-electron chi connectivity index (χ2n) is 7.87. The van der Waals surface area contributed by atoms with Crippen molar-refractivity contribution in [3.8, 4) is 0 Å². The molecule has 1 heterocycles. The third-order valence-electron chi connectivity index (χ3n) is 5.31. The molecule has 0 aliphatic heterocycles. The van der Waals surface area contributed by atoms with E-state index in [2.05, 4.69) is 42.7 Å². The molecule has 0 aromatic carbocycles. The predicted octanol–water partition coefficient (Wildman–Crippen LogP) is 3.19. The lowest BCUT2D eigenvalue weighted by Crippen LogP contribution is -2.11. The summed E-state index contributed by atoms with van der Waals surface area (Å²) >= 11 is 0. The molecular formula is C18H29N3O2. The highest BCUT2D eigenvalue weighted by Gasteiger charge is 2.50. The average Bonchev–Trinajstić information content (AvgIpc) is 2.93. The summed E-state index contributed by atoms with van der Waals surface area (Å²) in [4.78, 5) is 11.7. The fourth-order valence-corrected chi connectivity index (χ4v) is 4.03. The smallest absolute Gasteiger partial charge is 0.306 e. The largest absolute Gasteiger partial charge is 0.465 e. The Labute approximate surface area is 138 Å². The van der Waals surface area contributed by atoms with Crippen LogP contribution in [-0.4, -0.2) is 27.6 Å². The predicted molar refractivity (Wildman–Crippen MR) is 87.9 cm³/mol. The minimum Gasteiger partial charge on any atom is -0.465 e. The quantitative estimate of drug-likeness (QED) is 0.782. The van der Waals surface area contributed by atoms with Crippen molar-refractivity contribution in [2.45, 2.75) is 65.8 Å². The maximum absolute atomic E-state index is 11.7. The Kier molecular flexibility index (Phi) is 4.74. The Balaban J connectivity index is 1.55. The van der Waals surface area contributed by atoms with Crippen LogP contribution in [-0.2, 0) is 22.4 Å². The number of nitrogens with zero attached hydrogens (tertiary/aromatic N) is 3. The molecular weight excluding hydrogens is 290 g/mol. The molecule has 0 unspecified atom stereocenters. The van der Waals surface area contributed by atoms with Crippen molar-refractivity contribution in [2.75, 3.05) is 6.61 Å². The van der Waals surface area contributed by atoms with E-state index in [1.807, 2.05) is 0 Å². The van der Waals surface area contributed by atoms with Crippen LogP contribution >= 0.6 is 0 Å². The molecule has 1 aromatic rings. The Morgan fingerprint density at radius 3 is 2.57 bits per heavy atom. The fraction of sp³-hybridized carbons (Fsp3) is 0.833. The fourth-order valence-electron chi connectivity index (χ4n) is 4.03. The van der Waals surface area contributed by atoms with Crippen molar-refractivity contribution >= 4 is 5.97 Å². The Hall–Kier alpha value is -1.39. The number of carbonyl (C=O) groups excluding carboxylic acids is 1. The van der Waals surface area contributed by atoms with Gasteiger partial charge in [0.15, 0.2) is 0 Å². The van der Waals surface area contributed by atoms with Gasteiger partial charge in [0.1, 0.15) is 0 Å². The second-order valence-corrected chi connectivity index (χ2v) is 7.87. The van der Waals surface area contributed by atoms with Crippen LogP contribution in [0.1, 0.15) is 64.4 Å². The molecule has 1 fully saturated rings. The van der Waals surface area contributed by atoms with E-state index in [0.717, 1.165) is 19.3 Å². The molecule has 0 spiro atoms. The molecule has 0 radical (unpaired) electrons. The van der Waals surface area contributed by atoms with Crippen LogP contribution in [0.3, 0.4) is 0 Å². The van der Waals surface area contributed by atoms with Crippen molar-refractivity contribution in [1.29, 1.82) is 0 Å². The molecule has 1 aromatic heterocycles. The van der Waals surface area contributed by atoms with Gasteiger partial charge in [-0.1, -0.05) is 19.1 Å². The van der Waals surface area contributed by atoms with Crippen LogP contribution < -0.4 is 0 Å². The van der Waals surface area contributed by atoms with E-state index in [4.69, 9.17) is 4.74 Å². The summed E-state index contributed by atoms with van der Waals surface area (Å²) in [5.41, 5.74) is 2.50. The minimum atomic E-state index is -0.0420. The van der Waals surface area contributed by atoms with E-state index in [0.29, 0.717) is 42.7 Å². The van der Waals surface area contributed by atoms with Gasteiger partial charge in [-0.25, -0.2) is 4.68 Å². The average molecular weight is 319 g/mol. The molecule has 2 aliphatic carbocycles. The van der Waals surface area contributed by atoms with Gasteiger partial charge in [0.25, 0.3) is 0 Å². The highest BCUT2D eigenvalue weighted by molar-refractivity contribution is 5.69. The number of aryl methyl sites for hydroxylation is 1. The first kappa shape index (κ1) is 16.5. The lowest BCUT2D eigenvalue weighted by Gasteiger charge is -2.12. The molecule has 23 heavy (non-hydrogen) atoms. The minimum absolute atomic E-state index is 0.0420. The third-order valence-corrected chi connectivity index (χ3v) is 5.31. The molecule has 0 bridgehead atoms. The van der Waals surface area contributed by atoms with Gasteiger partial charge in [0.05, 0.1) is 18.0 Å². The lowest BCUT2D eigenvalue weighted by atomic mass is 10.0. The number of ether oxygens (including phenoxy) is 1. The summed E-state index contributed by atoms with van der Waals surface area (Å²) in [5, 5.41) is 8.72. The van der Waals surface area contributed by atoms with E-state index in [9.17, 15) is 4.79 Å². The summed E-state index contributed by atoms with van der Waals surface area (Å²) in [6.07, 6.45) is 4.92. The van der Waals surface area contributed by atoms with Gasteiger partial charge in [0.2, 0.25) is 0 Å². The first-order valence-electron chi connectivity index (χ1n) is 9.06. The van der Waals surface area contributed by atoms with E-state index in [1.165, 1.54) is 17.8 Å². The standard InChI is InChI=1S/C18H29N3O2/c1-11(2)9-18(22)23-10-15-13-5-7-16-17(8-6-14(13)15)21(12(3)4)20-19-16/h11-15H,5-10H2,1-4H3/t13-,14+,15-/m0/s1. The second kappa shape index (κ2) is 6.62. The molecule has 3 atom stereocenters. The molecule has 0 amide bonds. The number of carbonyl (C=O) groups is 1. The Morgan fingerprint density at radius 1 is 1.22 bits per heavy atom. The van der Waals surface area contributed by atoms with Crippen molar-refractivity contribution in [3.05, 3.63) is 11.4 Å². The van der Waals surface area contributed by atoms with E-state index >= 15 is 0 Å². The topological polar surface area (TPSA) is 57.0 Å². The number of esters is 1. The number of hydrogen-bond donors (Lipinski definition) is 0. The van der Waals surface area contributed by atoms with Crippen molar-refractivity contribution < 1.29 is 9.53 Å². The maximum Gasteiger partial charge on any atom is 0.306 e. The van der Waals surface area contributed by atoms with E-state index in [1.54, 1.807) is 0 Å². The zero-order chi connectivity index (χ0) is 16.6. The van der Waals surface area contributed by atoms with Gasteiger partial charge in [-0.2, -0.15) is 0 Å². The lowest BCUT2D eigenvalue weighted by molar-refractivity contribution is -0.145. The van der Waals surface area contributed by atoms with Crippen molar-refractivity contribution in [2.24, 2.45) is 23.7 Å². The van der Waals surface area contributed by atoms with E-state index in [-0.39, 0.29) is 5.97 Å². The molecule has 0 N–H and O–H groups in total. The van der Waals surface area contributed by atoms with Crippen LogP contribution in [0.15, 0.2) is 0 Å². The van der Waals surface area contributed by atoms with Gasteiger partial charge >= 0.3 is 5.97 Å². The molecule has 1 saturated carbocycles. The molecule has 0 saturated heterocycles. The van der Waals surface area contributed by atoms with Crippen LogP contribution in [0.4, 0.5) is 0 Å². The first-order chi connectivity index (χ1) is 11.0. The number of aromatic nitrogens is 3. The Bertz CT molecular complexity index is 565. The summed E-state index contributed by atoms with van der Waals surface area (Å²) in [6.45, 7) is 9.03. The van der Waals surface area contributed by atoms with Gasteiger partial charge in [-0.15, -0.1) is 5.10 Å². The molecule has 2 aliphatic rings. The number of fused-ring (bicyclic) bond motifs is 2. The van der Waals surface area contributed by atoms with Crippen LogP contribution in [0.2, 0.25) is 0 Å².